The van der Waals surface area contributed by atoms with Crippen LogP contribution in [0.3, 0.4) is 0 Å². The molecule has 0 fully saturated rings. The maximum atomic E-state index is 14.1. The molecule has 0 aromatic heterocycles. The van der Waals surface area contributed by atoms with E-state index in [1.54, 1.807) is 27.7 Å². The summed E-state index contributed by atoms with van der Waals surface area (Å²) in [7, 11) is 1.16. The molecule has 0 aliphatic rings. The Hall–Kier alpha value is -0.760. The van der Waals surface area contributed by atoms with Crippen LogP contribution in [0, 0.1) is 0 Å². The fraction of sp³-hybridized carbons (Fsp3) is 0.923. The van der Waals surface area contributed by atoms with E-state index in [2.05, 4.69) is 10.1 Å². The molecule has 0 aromatic carbocycles. The predicted molar refractivity (Wildman–Crippen MR) is 71.8 cm³/mol. The summed E-state index contributed by atoms with van der Waals surface area (Å²) in [6, 6.07) is -0.565. The van der Waals surface area contributed by atoms with Crippen molar-refractivity contribution in [1.82, 2.24) is 5.32 Å². The van der Waals surface area contributed by atoms with Crippen molar-refractivity contribution >= 4 is 5.97 Å². The number of methoxy groups -OCH3 is 1. The number of aliphatic hydroxyl groups is 1. The van der Waals surface area contributed by atoms with E-state index in [0.717, 1.165) is 7.11 Å². The largest absolute Gasteiger partial charge is 0.462 e. The molecule has 3 atom stereocenters. The Labute approximate surface area is 119 Å². The minimum Gasteiger partial charge on any atom is -0.462 e. The van der Waals surface area contributed by atoms with Crippen molar-refractivity contribution in [2.75, 3.05) is 20.4 Å². The molecule has 0 amide bonds. The van der Waals surface area contributed by atoms with Crippen LogP contribution < -0.4 is 5.32 Å². The van der Waals surface area contributed by atoms with Crippen LogP contribution in [-0.2, 0) is 19.0 Å². The molecule has 0 rings (SSSR count). The standard InChI is InChI=1S/C13H26FNO5/c1-6-11(16)13(14,18-5)7-19-8-15-10(4)12(17)20-9(2)3/h9-11,15-16H,6-8H2,1-5H3/t10-,11-,13+/m0/s1. The number of nitrogens with one attached hydrogen (secondary N) is 1. The van der Waals surface area contributed by atoms with Crippen LogP contribution >= 0.6 is 0 Å². The highest BCUT2D eigenvalue weighted by Gasteiger charge is 2.37. The van der Waals surface area contributed by atoms with Gasteiger partial charge in [-0.3, -0.25) is 10.1 Å². The van der Waals surface area contributed by atoms with E-state index in [0.29, 0.717) is 0 Å². The van der Waals surface area contributed by atoms with Crippen molar-refractivity contribution < 1.29 is 28.5 Å². The average Bonchev–Trinajstić information content (AvgIpc) is 2.41. The van der Waals surface area contributed by atoms with Gasteiger partial charge in [-0.15, -0.1) is 0 Å². The molecule has 0 bridgehead atoms. The fourth-order valence-corrected chi connectivity index (χ4v) is 1.39. The molecule has 6 nitrogen and oxygen atoms in total. The molecule has 0 saturated carbocycles. The van der Waals surface area contributed by atoms with Crippen molar-refractivity contribution in [2.45, 2.75) is 58.2 Å². The number of carbonyl (C=O) groups is 1. The van der Waals surface area contributed by atoms with Crippen LogP contribution in [0.25, 0.3) is 0 Å². The molecular formula is C13H26FNO5. The lowest BCUT2D eigenvalue weighted by Crippen LogP contribution is -2.45. The zero-order valence-corrected chi connectivity index (χ0v) is 12.8. The van der Waals surface area contributed by atoms with Gasteiger partial charge >= 0.3 is 5.97 Å². The first-order chi connectivity index (χ1) is 9.26. The van der Waals surface area contributed by atoms with Gasteiger partial charge in [-0.05, 0) is 27.2 Å². The van der Waals surface area contributed by atoms with Gasteiger partial charge in [0.15, 0.2) is 0 Å². The van der Waals surface area contributed by atoms with Gasteiger partial charge < -0.3 is 19.3 Å². The lowest BCUT2D eigenvalue weighted by atomic mass is 10.1. The third-order valence-corrected chi connectivity index (χ3v) is 2.72. The normalized spacial score (nSPS) is 17.6. The van der Waals surface area contributed by atoms with Gasteiger partial charge in [0.1, 0.15) is 18.8 Å². The van der Waals surface area contributed by atoms with Crippen molar-refractivity contribution in [3.63, 3.8) is 0 Å². The Morgan fingerprint density at radius 1 is 1.40 bits per heavy atom. The lowest BCUT2D eigenvalue weighted by Gasteiger charge is -2.28. The van der Waals surface area contributed by atoms with Crippen molar-refractivity contribution in [3.05, 3.63) is 0 Å². The van der Waals surface area contributed by atoms with E-state index in [1.807, 2.05) is 0 Å². The van der Waals surface area contributed by atoms with Crippen LogP contribution in [0.4, 0.5) is 4.39 Å². The fourth-order valence-electron chi connectivity index (χ4n) is 1.39. The first-order valence-electron chi connectivity index (χ1n) is 6.70. The van der Waals surface area contributed by atoms with E-state index in [1.165, 1.54) is 0 Å². The number of hydrogen-bond donors (Lipinski definition) is 2. The van der Waals surface area contributed by atoms with Crippen molar-refractivity contribution in [1.29, 1.82) is 0 Å². The number of rotatable bonds is 10. The summed E-state index contributed by atoms with van der Waals surface area (Å²) in [4.78, 5) is 11.5. The van der Waals surface area contributed by atoms with E-state index < -0.39 is 30.6 Å². The molecule has 20 heavy (non-hydrogen) atoms. The van der Waals surface area contributed by atoms with Gasteiger partial charge in [0.25, 0.3) is 5.85 Å². The lowest BCUT2D eigenvalue weighted by molar-refractivity contribution is -0.221. The molecule has 0 aromatic rings. The Bertz CT molecular complexity index is 290. The molecule has 0 unspecified atom stereocenters. The number of hydrogen-bond acceptors (Lipinski definition) is 6. The Balaban J connectivity index is 4.03. The summed E-state index contributed by atoms with van der Waals surface area (Å²) in [5.74, 6) is -2.66. The van der Waals surface area contributed by atoms with Gasteiger partial charge in [-0.2, -0.15) is 0 Å². The maximum absolute atomic E-state index is 14.1. The first kappa shape index (κ1) is 19.2. The van der Waals surface area contributed by atoms with E-state index in [9.17, 15) is 14.3 Å². The van der Waals surface area contributed by atoms with Gasteiger partial charge in [-0.25, -0.2) is 4.39 Å². The molecular weight excluding hydrogens is 269 g/mol. The second-order valence-corrected chi connectivity index (χ2v) is 4.82. The van der Waals surface area contributed by atoms with Crippen molar-refractivity contribution in [2.24, 2.45) is 0 Å². The van der Waals surface area contributed by atoms with E-state index in [4.69, 9.17) is 9.47 Å². The molecule has 0 saturated heterocycles. The number of aliphatic hydroxyl groups excluding tert-OH is 1. The van der Waals surface area contributed by atoms with Crippen LogP contribution in [0.5, 0.6) is 0 Å². The Morgan fingerprint density at radius 3 is 2.45 bits per heavy atom. The summed E-state index contributed by atoms with van der Waals surface area (Å²) in [5.41, 5.74) is 0. The summed E-state index contributed by atoms with van der Waals surface area (Å²) in [6.45, 7) is 6.28. The molecule has 0 aliphatic carbocycles. The monoisotopic (exact) mass is 295 g/mol. The summed E-state index contributed by atoms with van der Waals surface area (Å²) in [5, 5.41) is 12.2. The van der Waals surface area contributed by atoms with Gasteiger partial charge in [0.05, 0.1) is 12.8 Å². The quantitative estimate of drug-likeness (QED) is 0.355. The number of ether oxygens (including phenoxy) is 3. The molecule has 7 heteroatoms. The minimum absolute atomic E-state index is 0.0557. The molecule has 0 radical (unpaired) electrons. The predicted octanol–water partition coefficient (Wildman–Crippen LogP) is 0.973. The number of esters is 1. The summed E-state index contributed by atoms with van der Waals surface area (Å²) >= 11 is 0. The Morgan fingerprint density at radius 2 is 2.00 bits per heavy atom. The van der Waals surface area contributed by atoms with Crippen LogP contribution in [-0.4, -0.2) is 55.6 Å². The highest BCUT2D eigenvalue weighted by Crippen LogP contribution is 2.20. The molecule has 2 N–H and O–H groups in total. The third-order valence-electron chi connectivity index (χ3n) is 2.72. The Kier molecular flexibility index (Phi) is 8.88. The van der Waals surface area contributed by atoms with Gasteiger partial charge in [-0.1, -0.05) is 6.92 Å². The average molecular weight is 295 g/mol. The molecule has 0 heterocycles. The maximum Gasteiger partial charge on any atom is 0.323 e. The minimum atomic E-state index is -2.25. The molecule has 0 spiro atoms. The number of halogens is 1. The highest BCUT2D eigenvalue weighted by molar-refractivity contribution is 5.75. The van der Waals surface area contributed by atoms with E-state index >= 15 is 0 Å². The zero-order valence-electron chi connectivity index (χ0n) is 12.8. The topological polar surface area (TPSA) is 77.0 Å². The van der Waals surface area contributed by atoms with Crippen molar-refractivity contribution in [3.8, 4) is 0 Å². The third kappa shape index (κ3) is 6.60. The van der Waals surface area contributed by atoms with E-state index in [-0.39, 0.29) is 19.3 Å². The highest BCUT2D eigenvalue weighted by atomic mass is 19.2. The zero-order chi connectivity index (χ0) is 15.8. The van der Waals surface area contributed by atoms with Crippen LogP contribution in [0.2, 0.25) is 0 Å². The molecule has 120 valence electrons. The second kappa shape index (κ2) is 9.23. The smallest absolute Gasteiger partial charge is 0.323 e. The van der Waals surface area contributed by atoms with Crippen LogP contribution in [0.1, 0.15) is 34.1 Å². The van der Waals surface area contributed by atoms with Gasteiger partial charge in [0, 0.05) is 7.11 Å². The summed E-state index contributed by atoms with van der Waals surface area (Å²) < 4.78 is 28.7. The molecule has 0 aliphatic heterocycles. The van der Waals surface area contributed by atoms with Crippen LogP contribution in [0.15, 0.2) is 0 Å². The number of alkyl halides is 1. The number of carbonyl (C=O) groups excluding carboxylic acids is 1. The first-order valence-corrected chi connectivity index (χ1v) is 6.70. The second-order valence-electron chi connectivity index (χ2n) is 4.82. The SMILES string of the molecule is CC[C@H](O)[C@@](F)(COCN[C@@H](C)C(=O)OC(C)C)OC. The van der Waals surface area contributed by atoms with Gasteiger partial charge in [0.2, 0.25) is 0 Å². The summed E-state index contributed by atoms with van der Waals surface area (Å²) in [6.07, 6.45) is -1.26.